The minimum Gasteiger partial charge on any atom is -0.342 e. The summed E-state index contributed by atoms with van der Waals surface area (Å²) in [4.78, 5) is 32.0. The number of hydrogen-bond acceptors (Lipinski definition) is 4. The Balaban J connectivity index is 1.97. The molecule has 6 heteroatoms. The zero-order valence-corrected chi connectivity index (χ0v) is 14.5. The summed E-state index contributed by atoms with van der Waals surface area (Å²) < 4.78 is 1.98. The molecule has 0 N–H and O–H groups in total. The van der Waals surface area contributed by atoms with E-state index < -0.39 is 0 Å². The fourth-order valence-corrected chi connectivity index (χ4v) is 3.69. The Morgan fingerprint density at radius 2 is 1.92 bits per heavy atom. The zero-order valence-electron chi connectivity index (χ0n) is 13.7. The monoisotopic (exact) mass is 341 g/mol. The molecule has 124 valence electrons. The largest absolute Gasteiger partial charge is 0.342 e. The molecule has 0 saturated heterocycles. The zero-order chi connectivity index (χ0) is 17.1. The van der Waals surface area contributed by atoms with Crippen LogP contribution >= 0.6 is 11.3 Å². The molecule has 0 aliphatic carbocycles. The molecule has 2 aromatic heterocycles. The molecule has 0 unspecified atom stereocenters. The van der Waals surface area contributed by atoms with Gasteiger partial charge in [0.2, 0.25) is 5.91 Å². The summed E-state index contributed by atoms with van der Waals surface area (Å²) in [7, 11) is 0. The summed E-state index contributed by atoms with van der Waals surface area (Å²) in [6.45, 7) is 5.16. The van der Waals surface area contributed by atoms with Gasteiger partial charge in [0, 0.05) is 18.0 Å². The number of thiophene rings is 1. The number of benzene rings is 1. The second-order valence-corrected chi connectivity index (χ2v) is 6.49. The summed E-state index contributed by atoms with van der Waals surface area (Å²) in [5, 5.41) is 0. The van der Waals surface area contributed by atoms with Gasteiger partial charge in [-0.15, -0.1) is 11.3 Å². The van der Waals surface area contributed by atoms with Crippen LogP contribution in [0.3, 0.4) is 0 Å². The van der Waals surface area contributed by atoms with Crippen molar-refractivity contribution in [3.05, 3.63) is 53.1 Å². The number of hydrogen-bond donors (Lipinski definition) is 0. The Bertz CT molecular complexity index is 911. The van der Waals surface area contributed by atoms with E-state index >= 15 is 0 Å². The molecule has 0 bridgehead atoms. The van der Waals surface area contributed by atoms with Gasteiger partial charge in [0.05, 0.1) is 11.8 Å². The first-order valence-electron chi connectivity index (χ1n) is 7.96. The van der Waals surface area contributed by atoms with Gasteiger partial charge in [-0.25, -0.2) is 4.98 Å². The van der Waals surface area contributed by atoms with E-state index in [-0.39, 0.29) is 18.0 Å². The van der Waals surface area contributed by atoms with Crippen LogP contribution in [0.4, 0.5) is 0 Å². The SMILES string of the molecule is CCN(CC)C(=O)Cn1cnc2cc(-c3ccccc3)sc2c1=O. The average Bonchev–Trinajstić information content (AvgIpc) is 3.04. The topological polar surface area (TPSA) is 55.2 Å². The Hall–Kier alpha value is -2.47. The molecule has 3 aromatic rings. The fraction of sp³-hybridized carbons (Fsp3) is 0.278. The molecule has 3 rings (SSSR count). The van der Waals surface area contributed by atoms with Crippen molar-refractivity contribution in [3.8, 4) is 10.4 Å². The van der Waals surface area contributed by atoms with Gasteiger partial charge in [0.15, 0.2) is 0 Å². The summed E-state index contributed by atoms with van der Waals surface area (Å²) in [5.74, 6) is -0.0666. The molecular formula is C18H19N3O2S. The molecular weight excluding hydrogens is 322 g/mol. The molecule has 24 heavy (non-hydrogen) atoms. The van der Waals surface area contributed by atoms with Gasteiger partial charge in [-0.05, 0) is 25.5 Å². The van der Waals surface area contributed by atoms with Crippen molar-refractivity contribution in [3.63, 3.8) is 0 Å². The molecule has 0 aliphatic rings. The van der Waals surface area contributed by atoms with Crippen LogP contribution in [-0.2, 0) is 11.3 Å². The van der Waals surface area contributed by atoms with E-state index in [1.54, 1.807) is 4.90 Å². The number of rotatable bonds is 5. The Kier molecular flexibility index (Phi) is 4.76. The molecule has 0 aliphatic heterocycles. The predicted octanol–water partition coefficient (Wildman–Crippen LogP) is 2.99. The second kappa shape index (κ2) is 6.97. The smallest absolute Gasteiger partial charge is 0.271 e. The minimum absolute atomic E-state index is 0.0298. The third-order valence-corrected chi connectivity index (χ3v) is 5.15. The number of fused-ring (bicyclic) bond motifs is 1. The summed E-state index contributed by atoms with van der Waals surface area (Å²) in [6, 6.07) is 11.8. The molecule has 1 aromatic carbocycles. The van der Waals surface area contributed by atoms with Crippen LogP contribution in [0, 0.1) is 0 Å². The Morgan fingerprint density at radius 3 is 2.58 bits per heavy atom. The van der Waals surface area contributed by atoms with E-state index in [4.69, 9.17) is 0 Å². The van der Waals surface area contributed by atoms with Crippen molar-refractivity contribution in [2.45, 2.75) is 20.4 Å². The lowest BCUT2D eigenvalue weighted by Gasteiger charge is -2.18. The van der Waals surface area contributed by atoms with Crippen LogP contribution in [0.5, 0.6) is 0 Å². The maximum Gasteiger partial charge on any atom is 0.271 e. The van der Waals surface area contributed by atoms with E-state index in [0.29, 0.717) is 23.3 Å². The number of likely N-dealkylation sites (N-methyl/N-ethyl adjacent to an activating group) is 1. The van der Waals surface area contributed by atoms with Crippen molar-refractivity contribution in [2.24, 2.45) is 0 Å². The Morgan fingerprint density at radius 1 is 1.21 bits per heavy atom. The predicted molar refractivity (Wildman–Crippen MR) is 97.2 cm³/mol. The Labute approximate surface area is 144 Å². The highest BCUT2D eigenvalue weighted by molar-refractivity contribution is 7.22. The van der Waals surface area contributed by atoms with Gasteiger partial charge in [-0.2, -0.15) is 0 Å². The number of aromatic nitrogens is 2. The number of carbonyl (C=O) groups is 1. The lowest BCUT2D eigenvalue weighted by molar-refractivity contribution is -0.131. The van der Waals surface area contributed by atoms with Crippen LogP contribution < -0.4 is 5.56 Å². The van der Waals surface area contributed by atoms with Gasteiger partial charge >= 0.3 is 0 Å². The molecule has 0 radical (unpaired) electrons. The molecule has 1 amide bonds. The van der Waals surface area contributed by atoms with Gasteiger partial charge in [-0.3, -0.25) is 14.2 Å². The highest BCUT2D eigenvalue weighted by Gasteiger charge is 2.14. The van der Waals surface area contributed by atoms with Gasteiger partial charge in [-0.1, -0.05) is 30.3 Å². The fourth-order valence-electron chi connectivity index (χ4n) is 2.62. The standard InChI is InChI=1S/C18H19N3O2S/c1-3-20(4-2)16(22)11-21-12-19-14-10-15(24-17(14)18(21)23)13-8-6-5-7-9-13/h5-10,12H,3-4,11H2,1-2H3. The highest BCUT2D eigenvalue weighted by atomic mass is 32.1. The van der Waals surface area contributed by atoms with Crippen LogP contribution in [0.25, 0.3) is 20.7 Å². The van der Waals surface area contributed by atoms with Gasteiger partial charge < -0.3 is 4.90 Å². The van der Waals surface area contributed by atoms with Crippen LogP contribution in [0.2, 0.25) is 0 Å². The third kappa shape index (κ3) is 3.10. The molecule has 5 nitrogen and oxygen atoms in total. The van der Waals surface area contributed by atoms with E-state index in [9.17, 15) is 9.59 Å². The van der Waals surface area contributed by atoms with Crippen LogP contribution in [0.1, 0.15) is 13.8 Å². The molecule has 0 saturated carbocycles. The van der Waals surface area contributed by atoms with Crippen LogP contribution in [0.15, 0.2) is 47.5 Å². The number of amides is 1. The van der Waals surface area contributed by atoms with Crippen LogP contribution in [-0.4, -0.2) is 33.4 Å². The minimum atomic E-state index is -0.160. The summed E-state index contributed by atoms with van der Waals surface area (Å²) in [5.41, 5.74) is 1.58. The van der Waals surface area contributed by atoms with Crippen molar-refractivity contribution in [1.82, 2.24) is 14.5 Å². The van der Waals surface area contributed by atoms with E-state index in [0.717, 1.165) is 10.4 Å². The molecule has 0 atom stereocenters. The first kappa shape index (κ1) is 16.4. The van der Waals surface area contributed by atoms with E-state index in [1.165, 1.54) is 22.2 Å². The summed E-state index contributed by atoms with van der Waals surface area (Å²) >= 11 is 1.42. The molecule has 2 heterocycles. The average molecular weight is 341 g/mol. The van der Waals surface area contributed by atoms with Crippen molar-refractivity contribution in [2.75, 3.05) is 13.1 Å². The lowest BCUT2D eigenvalue weighted by Crippen LogP contribution is -2.36. The normalized spacial score (nSPS) is 10.9. The van der Waals surface area contributed by atoms with Crippen molar-refractivity contribution < 1.29 is 4.79 Å². The van der Waals surface area contributed by atoms with E-state index in [2.05, 4.69) is 4.98 Å². The molecule has 0 spiro atoms. The third-order valence-electron chi connectivity index (χ3n) is 3.98. The van der Waals surface area contributed by atoms with E-state index in [1.807, 2.05) is 50.2 Å². The second-order valence-electron chi connectivity index (χ2n) is 5.43. The number of nitrogens with zero attached hydrogens (tertiary/aromatic N) is 3. The quantitative estimate of drug-likeness (QED) is 0.717. The first-order valence-corrected chi connectivity index (χ1v) is 8.77. The maximum atomic E-state index is 12.7. The summed E-state index contributed by atoms with van der Waals surface area (Å²) in [6.07, 6.45) is 1.47. The number of carbonyl (C=O) groups excluding carboxylic acids is 1. The lowest BCUT2D eigenvalue weighted by atomic mass is 10.2. The van der Waals surface area contributed by atoms with Gasteiger partial charge in [0.1, 0.15) is 11.2 Å². The first-order chi connectivity index (χ1) is 11.6. The molecule has 0 fully saturated rings. The highest BCUT2D eigenvalue weighted by Crippen LogP contribution is 2.30. The maximum absolute atomic E-state index is 12.7. The van der Waals surface area contributed by atoms with Gasteiger partial charge in [0.25, 0.3) is 5.56 Å². The van der Waals surface area contributed by atoms with Crippen molar-refractivity contribution >= 4 is 27.5 Å². The van der Waals surface area contributed by atoms with Crippen molar-refractivity contribution in [1.29, 1.82) is 0 Å².